The largest absolute Gasteiger partial charge is 0.391 e. The Bertz CT molecular complexity index is 596. The second kappa shape index (κ2) is 5.99. The van der Waals surface area contributed by atoms with Gasteiger partial charge in [0.2, 0.25) is 0 Å². The van der Waals surface area contributed by atoms with E-state index < -0.39 is 0 Å². The van der Waals surface area contributed by atoms with Crippen LogP contribution in [0.25, 0.3) is 0 Å². The van der Waals surface area contributed by atoms with Gasteiger partial charge in [-0.2, -0.15) is 5.26 Å². The molecule has 4 heteroatoms. The fraction of sp³-hybridized carbons (Fsp3) is 0.143. The van der Waals surface area contributed by atoms with E-state index in [1.165, 1.54) is 5.56 Å². The average Bonchev–Trinajstić information content (AvgIpc) is 2.81. The topological polar surface area (TPSA) is 45.4 Å². The molecule has 0 bridgehead atoms. The van der Waals surface area contributed by atoms with E-state index in [0.717, 1.165) is 10.4 Å². The summed E-state index contributed by atoms with van der Waals surface area (Å²) in [5.74, 6) is 0. The predicted molar refractivity (Wildman–Crippen MR) is 72.6 cm³/mol. The molecular weight excluding hydrogens is 244 g/mol. The number of rotatable bonds is 4. The molecule has 18 heavy (non-hydrogen) atoms. The van der Waals surface area contributed by atoms with Crippen LogP contribution in [0.15, 0.2) is 40.9 Å². The third kappa shape index (κ3) is 2.96. The van der Waals surface area contributed by atoms with Gasteiger partial charge in [-0.25, -0.2) is 0 Å². The highest BCUT2D eigenvalue weighted by Crippen LogP contribution is 2.13. The normalized spacial score (nSPS) is 10.4. The molecule has 0 fully saturated rings. The lowest BCUT2D eigenvalue weighted by molar-refractivity contribution is 0.132. The molecule has 1 heterocycles. The van der Waals surface area contributed by atoms with E-state index in [1.54, 1.807) is 23.6 Å². The van der Waals surface area contributed by atoms with E-state index in [9.17, 15) is 0 Å². The van der Waals surface area contributed by atoms with Gasteiger partial charge >= 0.3 is 0 Å². The molecule has 90 valence electrons. The zero-order chi connectivity index (χ0) is 12.8. The summed E-state index contributed by atoms with van der Waals surface area (Å²) in [5.41, 5.74) is 2.66. The maximum absolute atomic E-state index is 8.92. The summed E-state index contributed by atoms with van der Waals surface area (Å²) < 4.78 is 0. The molecule has 0 saturated carbocycles. The van der Waals surface area contributed by atoms with Crippen LogP contribution in [0.5, 0.6) is 0 Å². The van der Waals surface area contributed by atoms with Crippen molar-refractivity contribution in [2.75, 3.05) is 0 Å². The number of aryl methyl sites for hydroxylation is 1. The molecule has 3 nitrogen and oxygen atoms in total. The van der Waals surface area contributed by atoms with Gasteiger partial charge in [0.15, 0.2) is 0 Å². The maximum Gasteiger partial charge on any atom is 0.143 e. The van der Waals surface area contributed by atoms with Crippen LogP contribution in [0.4, 0.5) is 0 Å². The Balaban J connectivity index is 1.95. The van der Waals surface area contributed by atoms with E-state index in [4.69, 9.17) is 10.1 Å². The third-order valence-corrected chi connectivity index (χ3v) is 3.46. The number of hydrogen-bond acceptors (Lipinski definition) is 4. The summed E-state index contributed by atoms with van der Waals surface area (Å²) in [6, 6.07) is 11.5. The van der Waals surface area contributed by atoms with Gasteiger partial charge in [0.1, 0.15) is 6.61 Å². The zero-order valence-corrected chi connectivity index (χ0v) is 10.8. The SMILES string of the molecule is Cc1ccsc1/C=N\OCc1ccccc1C#N. The van der Waals surface area contributed by atoms with Crippen molar-refractivity contribution in [1.29, 1.82) is 5.26 Å². The van der Waals surface area contributed by atoms with Gasteiger partial charge in [0.05, 0.1) is 22.7 Å². The number of nitrogens with zero attached hydrogens (tertiary/aromatic N) is 2. The van der Waals surface area contributed by atoms with Crippen LogP contribution in [0.3, 0.4) is 0 Å². The first kappa shape index (κ1) is 12.3. The van der Waals surface area contributed by atoms with Gasteiger partial charge in [-0.15, -0.1) is 11.3 Å². The Kier molecular flexibility index (Phi) is 4.11. The Labute approximate surface area is 110 Å². The van der Waals surface area contributed by atoms with Crippen molar-refractivity contribution in [1.82, 2.24) is 0 Å². The molecule has 0 saturated heterocycles. The van der Waals surface area contributed by atoms with E-state index >= 15 is 0 Å². The lowest BCUT2D eigenvalue weighted by Gasteiger charge is -2.01. The van der Waals surface area contributed by atoms with Crippen LogP contribution in [0.1, 0.15) is 21.6 Å². The molecule has 0 unspecified atom stereocenters. The highest BCUT2D eigenvalue weighted by molar-refractivity contribution is 7.11. The predicted octanol–water partition coefficient (Wildman–Crippen LogP) is 3.48. The van der Waals surface area contributed by atoms with Crippen LogP contribution >= 0.6 is 11.3 Å². The third-order valence-electron chi connectivity index (χ3n) is 2.50. The average molecular weight is 256 g/mol. The molecule has 2 rings (SSSR count). The van der Waals surface area contributed by atoms with Gasteiger partial charge in [-0.05, 0) is 30.0 Å². The number of oxime groups is 1. The molecule has 0 aliphatic carbocycles. The smallest absolute Gasteiger partial charge is 0.143 e. The van der Waals surface area contributed by atoms with E-state index in [-0.39, 0.29) is 0 Å². The fourth-order valence-electron chi connectivity index (χ4n) is 1.46. The Hall–Kier alpha value is -2.12. The molecule has 2 aromatic rings. The van der Waals surface area contributed by atoms with Crippen LogP contribution in [0.2, 0.25) is 0 Å². The molecule has 0 atom stereocenters. The first-order chi connectivity index (χ1) is 8.81. The van der Waals surface area contributed by atoms with Crippen LogP contribution in [0, 0.1) is 18.3 Å². The van der Waals surface area contributed by atoms with Crippen molar-refractivity contribution in [3.05, 3.63) is 57.3 Å². The van der Waals surface area contributed by atoms with Crippen LogP contribution < -0.4 is 0 Å². The number of hydrogen-bond donors (Lipinski definition) is 0. The minimum atomic E-state index is 0.310. The standard InChI is InChI=1S/C14H12N2OS/c1-11-6-7-18-14(11)9-16-17-10-13-5-3-2-4-12(13)8-15/h2-7,9H,10H2,1H3/b16-9-. The van der Waals surface area contributed by atoms with Gasteiger partial charge in [-0.1, -0.05) is 23.4 Å². The summed E-state index contributed by atoms with van der Waals surface area (Å²) in [5, 5.41) is 14.9. The van der Waals surface area contributed by atoms with Crippen molar-refractivity contribution in [2.24, 2.45) is 5.16 Å². The molecule has 0 amide bonds. The summed E-state index contributed by atoms with van der Waals surface area (Å²) in [6.07, 6.45) is 1.70. The van der Waals surface area contributed by atoms with E-state index in [0.29, 0.717) is 12.2 Å². The van der Waals surface area contributed by atoms with Gasteiger partial charge in [0.25, 0.3) is 0 Å². The van der Waals surface area contributed by atoms with Crippen molar-refractivity contribution in [2.45, 2.75) is 13.5 Å². The first-order valence-corrected chi connectivity index (χ1v) is 6.36. The Morgan fingerprint density at radius 1 is 1.39 bits per heavy atom. The van der Waals surface area contributed by atoms with Crippen molar-refractivity contribution >= 4 is 17.6 Å². The molecular formula is C14H12N2OS. The van der Waals surface area contributed by atoms with Gasteiger partial charge < -0.3 is 4.84 Å². The van der Waals surface area contributed by atoms with E-state index in [2.05, 4.69) is 11.2 Å². The summed E-state index contributed by atoms with van der Waals surface area (Å²) in [6.45, 7) is 2.34. The lowest BCUT2D eigenvalue weighted by Crippen LogP contribution is -1.91. The highest BCUT2D eigenvalue weighted by Gasteiger charge is 2.00. The monoisotopic (exact) mass is 256 g/mol. The minimum Gasteiger partial charge on any atom is -0.391 e. The lowest BCUT2D eigenvalue weighted by atomic mass is 10.1. The first-order valence-electron chi connectivity index (χ1n) is 5.48. The molecule has 0 aliphatic heterocycles. The quantitative estimate of drug-likeness (QED) is 0.621. The van der Waals surface area contributed by atoms with Crippen molar-refractivity contribution in [3.63, 3.8) is 0 Å². The summed E-state index contributed by atoms with van der Waals surface area (Å²) in [4.78, 5) is 6.30. The second-order valence-electron chi connectivity index (χ2n) is 3.74. The Morgan fingerprint density at radius 2 is 2.22 bits per heavy atom. The molecule has 0 radical (unpaired) electrons. The number of nitriles is 1. The summed E-state index contributed by atoms with van der Waals surface area (Å²) in [7, 11) is 0. The van der Waals surface area contributed by atoms with E-state index in [1.807, 2.05) is 36.6 Å². The molecule has 0 N–H and O–H groups in total. The molecule has 1 aromatic heterocycles. The van der Waals surface area contributed by atoms with Crippen molar-refractivity contribution in [3.8, 4) is 6.07 Å². The van der Waals surface area contributed by atoms with Crippen molar-refractivity contribution < 1.29 is 4.84 Å². The Morgan fingerprint density at radius 3 is 2.94 bits per heavy atom. The maximum atomic E-state index is 8.92. The zero-order valence-electron chi connectivity index (χ0n) is 9.96. The molecule has 0 aliphatic rings. The fourth-order valence-corrected chi connectivity index (χ4v) is 2.24. The second-order valence-corrected chi connectivity index (χ2v) is 4.69. The van der Waals surface area contributed by atoms with Crippen LogP contribution in [-0.4, -0.2) is 6.21 Å². The molecule has 1 aromatic carbocycles. The minimum absolute atomic E-state index is 0.310. The number of thiophene rings is 1. The van der Waals surface area contributed by atoms with Crippen LogP contribution in [-0.2, 0) is 11.4 Å². The van der Waals surface area contributed by atoms with Gasteiger partial charge in [0, 0.05) is 5.56 Å². The highest BCUT2D eigenvalue weighted by atomic mass is 32.1. The van der Waals surface area contributed by atoms with Gasteiger partial charge in [-0.3, -0.25) is 0 Å². The summed E-state index contributed by atoms with van der Waals surface area (Å²) >= 11 is 1.62. The molecule has 0 spiro atoms. The number of benzene rings is 1.